The smallest absolute Gasteiger partial charge is 0.255 e. The van der Waals surface area contributed by atoms with Crippen molar-refractivity contribution in [3.63, 3.8) is 0 Å². The molecule has 0 aliphatic heterocycles. The monoisotopic (exact) mass is 298 g/mol. The predicted octanol–water partition coefficient (Wildman–Crippen LogP) is 1.76. The van der Waals surface area contributed by atoms with Crippen LogP contribution in [0.5, 0.6) is 0 Å². The summed E-state index contributed by atoms with van der Waals surface area (Å²) in [6.07, 6.45) is 0. The Kier molecular flexibility index (Phi) is 4.61. The number of benzene rings is 1. The number of primary sulfonamides is 1. The Morgan fingerprint density at radius 1 is 1.30 bits per heavy atom. The summed E-state index contributed by atoms with van der Waals surface area (Å²) in [5, 5.41) is 5.17. The first-order chi connectivity index (χ1) is 8.92. The Bertz CT molecular complexity index is 616. The lowest BCUT2D eigenvalue weighted by molar-refractivity contribution is 0.0741. The molecule has 5 nitrogen and oxygen atoms in total. The van der Waals surface area contributed by atoms with Crippen molar-refractivity contribution in [2.45, 2.75) is 32.6 Å². The third-order valence-corrected chi connectivity index (χ3v) is 3.70. The second kappa shape index (κ2) is 5.54. The fourth-order valence-electron chi connectivity index (χ4n) is 2.05. The maximum Gasteiger partial charge on any atom is 0.255 e. The van der Waals surface area contributed by atoms with E-state index in [1.165, 1.54) is 11.0 Å². The summed E-state index contributed by atoms with van der Waals surface area (Å²) in [5.41, 5.74) is 0.861. The molecule has 0 saturated carbocycles. The van der Waals surface area contributed by atoms with E-state index in [4.69, 9.17) is 5.14 Å². The fourth-order valence-corrected chi connectivity index (χ4v) is 2.76. The highest BCUT2D eigenvalue weighted by Gasteiger charge is 2.24. The van der Waals surface area contributed by atoms with E-state index in [0.29, 0.717) is 6.54 Å². The molecule has 1 aromatic carbocycles. The topological polar surface area (TPSA) is 80.5 Å². The zero-order chi connectivity index (χ0) is 15.7. The van der Waals surface area contributed by atoms with Gasteiger partial charge in [0.15, 0.2) is 0 Å². The Labute approximate surface area is 120 Å². The lowest BCUT2D eigenvalue weighted by atomic mass is 9.96. The van der Waals surface area contributed by atoms with Crippen LogP contribution >= 0.6 is 0 Å². The van der Waals surface area contributed by atoms with Gasteiger partial charge in [-0.2, -0.15) is 0 Å². The zero-order valence-corrected chi connectivity index (χ0v) is 13.4. The molecule has 0 spiro atoms. The van der Waals surface area contributed by atoms with Crippen LogP contribution in [-0.4, -0.2) is 32.8 Å². The molecular weight excluding hydrogens is 276 g/mol. The summed E-state index contributed by atoms with van der Waals surface area (Å²) in [6.45, 7) is 8.34. The molecule has 2 N–H and O–H groups in total. The Balaban J connectivity index is 3.25. The molecule has 1 rings (SSSR count). The van der Waals surface area contributed by atoms with Crippen LogP contribution in [0.3, 0.4) is 0 Å². The van der Waals surface area contributed by atoms with Gasteiger partial charge >= 0.3 is 0 Å². The zero-order valence-electron chi connectivity index (χ0n) is 12.6. The summed E-state index contributed by atoms with van der Waals surface area (Å²) in [4.78, 5) is 13.8. The second-order valence-corrected chi connectivity index (χ2v) is 7.80. The highest BCUT2D eigenvalue weighted by molar-refractivity contribution is 7.89. The van der Waals surface area contributed by atoms with Crippen molar-refractivity contribution in [2.75, 3.05) is 13.6 Å². The van der Waals surface area contributed by atoms with Crippen LogP contribution in [0.4, 0.5) is 0 Å². The predicted molar refractivity (Wildman–Crippen MR) is 79.0 cm³/mol. The standard InChI is InChI=1S/C14H22N2O3S/c1-10-6-7-12(20(15,18)19)11(8-10)13(17)16(5)9-14(2,3)4/h6-8H,9H2,1-5H3,(H2,15,18,19). The minimum atomic E-state index is -3.92. The number of nitrogens with zero attached hydrogens (tertiary/aromatic N) is 1. The third-order valence-electron chi connectivity index (χ3n) is 2.73. The molecule has 1 aromatic rings. The molecule has 1 amide bonds. The summed E-state index contributed by atoms with van der Waals surface area (Å²) in [5.74, 6) is -0.340. The molecule has 0 saturated heterocycles. The lowest BCUT2D eigenvalue weighted by Crippen LogP contribution is -2.35. The normalized spacial score (nSPS) is 12.3. The van der Waals surface area contributed by atoms with Gasteiger partial charge in [0, 0.05) is 13.6 Å². The van der Waals surface area contributed by atoms with E-state index >= 15 is 0 Å². The lowest BCUT2D eigenvalue weighted by Gasteiger charge is -2.27. The van der Waals surface area contributed by atoms with Gasteiger partial charge in [0.25, 0.3) is 5.91 Å². The van der Waals surface area contributed by atoms with Gasteiger partial charge in [-0.15, -0.1) is 0 Å². The second-order valence-electron chi connectivity index (χ2n) is 6.27. The summed E-state index contributed by atoms with van der Waals surface area (Å²) < 4.78 is 23.2. The highest BCUT2D eigenvalue weighted by Crippen LogP contribution is 2.20. The van der Waals surface area contributed by atoms with Crippen LogP contribution in [0.1, 0.15) is 36.7 Å². The maximum absolute atomic E-state index is 12.4. The molecule has 0 bridgehead atoms. The number of aryl methyl sites for hydroxylation is 1. The summed E-state index contributed by atoms with van der Waals surface area (Å²) in [6, 6.07) is 4.56. The van der Waals surface area contributed by atoms with E-state index < -0.39 is 10.0 Å². The van der Waals surface area contributed by atoms with E-state index in [-0.39, 0.29) is 21.8 Å². The van der Waals surface area contributed by atoms with Gasteiger partial charge in [0.05, 0.1) is 10.5 Å². The van der Waals surface area contributed by atoms with Crippen LogP contribution in [-0.2, 0) is 10.0 Å². The van der Waals surface area contributed by atoms with Crippen LogP contribution < -0.4 is 5.14 Å². The number of carbonyl (C=O) groups is 1. The SMILES string of the molecule is Cc1ccc(S(N)(=O)=O)c(C(=O)N(C)CC(C)(C)C)c1. The molecule has 0 atom stereocenters. The average molecular weight is 298 g/mol. The van der Waals surface area contributed by atoms with Gasteiger partial charge in [-0.1, -0.05) is 32.4 Å². The van der Waals surface area contributed by atoms with Crippen LogP contribution in [0, 0.1) is 12.3 Å². The number of hydrogen-bond acceptors (Lipinski definition) is 3. The molecule has 6 heteroatoms. The van der Waals surface area contributed by atoms with Gasteiger partial charge in [-0.3, -0.25) is 4.79 Å². The van der Waals surface area contributed by atoms with Gasteiger partial charge in [-0.25, -0.2) is 13.6 Å². The average Bonchev–Trinajstić information content (AvgIpc) is 2.23. The minimum absolute atomic E-state index is 0.0734. The van der Waals surface area contributed by atoms with E-state index in [1.807, 2.05) is 20.8 Å². The van der Waals surface area contributed by atoms with E-state index in [2.05, 4.69) is 0 Å². The first-order valence-corrected chi connectivity index (χ1v) is 7.85. The first-order valence-electron chi connectivity index (χ1n) is 6.31. The van der Waals surface area contributed by atoms with Gasteiger partial charge in [-0.05, 0) is 24.5 Å². The van der Waals surface area contributed by atoms with Gasteiger partial charge in [0.2, 0.25) is 10.0 Å². The van der Waals surface area contributed by atoms with Gasteiger partial charge in [0.1, 0.15) is 0 Å². The molecule has 0 radical (unpaired) electrons. The summed E-state index contributed by atoms with van der Waals surface area (Å²) in [7, 11) is -2.26. The van der Waals surface area contributed by atoms with Gasteiger partial charge < -0.3 is 4.90 Å². The molecule has 0 aromatic heterocycles. The van der Waals surface area contributed by atoms with Crippen molar-refractivity contribution in [2.24, 2.45) is 10.6 Å². The van der Waals surface area contributed by atoms with Crippen molar-refractivity contribution in [1.82, 2.24) is 4.90 Å². The van der Waals surface area contributed by atoms with E-state index in [9.17, 15) is 13.2 Å². The quantitative estimate of drug-likeness (QED) is 0.923. The third kappa shape index (κ3) is 4.31. The number of nitrogens with two attached hydrogens (primary N) is 1. The van der Waals surface area contributed by atoms with E-state index in [0.717, 1.165) is 5.56 Å². The molecule has 0 fully saturated rings. The van der Waals surface area contributed by atoms with Crippen LogP contribution in [0.15, 0.2) is 23.1 Å². The van der Waals surface area contributed by atoms with E-state index in [1.54, 1.807) is 26.1 Å². The first kappa shape index (κ1) is 16.7. The molecule has 0 aliphatic rings. The minimum Gasteiger partial charge on any atom is -0.341 e. The summed E-state index contributed by atoms with van der Waals surface area (Å²) >= 11 is 0. The number of rotatable bonds is 3. The Hall–Kier alpha value is -1.40. The molecule has 0 heterocycles. The van der Waals surface area contributed by atoms with Crippen LogP contribution in [0.2, 0.25) is 0 Å². The molecule has 112 valence electrons. The van der Waals surface area contributed by atoms with Crippen molar-refractivity contribution in [1.29, 1.82) is 0 Å². The number of hydrogen-bond donors (Lipinski definition) is 1. The van der Waals surface area contributed by atoms with Crippen molar-refractivity contribution < 1.29 is 13.2 Å². The van der Waals surface area contributed by atoms with Crippen molar-refractivity contribution in [3.8, 4) is 0 Å². The fraction of sp³-hybridized carbons (Fsp3) is 0.500. The highest BCUT2D eigenvalue weighted by atomic mass is 32.2. The van der Waals surface area contributed by atoms with Crippen molar-refractivity contribution in [3.05, 3.63) is 29.3 Å². The molecule has 20 heavy (non-hydrogen) atoms. The number of amides is 1. The number of carbonyl (C=O) groups excluding carboxylic acids is 1. The Morgan fingerprint density at radius 2 is 1.85 bits per heavy atom. The van der Waals surface area contributed by atoms with Crippen molar-refractivity contribution >= 4 is 15.9 Å². The molecule has 0 aliphatic carbocycles. The molecular formula is C14H22N2O3S. The maximum atomic E-state index is 12.4. The molecule has 0 unspecified atom stereocenters. The van der Waals surface area contributed by atoms with Crippen LogP contribution in [0.25, 0.3) is 0 Å². The largest absolute Gasteiger partial charge is 0.341 e. The Morgan fingerprint density at radius 3 is 2.30 bits per heavy atom. The number of sulfonamides is 1.